The lowest BCUT2D eigenvalue weighted by molar-refractivity contribution is 0.704. The van der Waals surface area contributed by atoms with Crippen LogP contribution < -0.4 is 10.2 Å². The van der Waals surface area contributed by atoms with Crippen LogP contribution in [0.1, 0.15) is 25.5 Å². The first-order chi connectivity index (χ1) is 11.2. The van der Waals surface area contributed by atoms with Gasteiger partial charge >= 0.3 is 0 Å². The van der Waals surface area contributed by atoms with Gasteiger partial charge in [-0.2, -0.15) is 15.3 Å². The maximum Gasteiger partial charge on any atom is 0.245 e. The number of hydrogen-bond donors (Lipinski definition) is 2. The molecule has 1 fully saturated rings. The summed E-state index contributed by atoms with van der Waals surface area (Å²) in [4.78, 5) is 6.90. The summed E-state index contributed by atoms with van der Waals surface area (Å²) in [6.45, 7) is 3.16. The molecule has 4 rings (SSSR count). The number of aromatic amines is 1. The molecule has 8 heteroatoms. The highest BCUT2D eigenvalue weighted by atomic mass is 15.4. The van der Waals surface area contributed by atoms with E-state index >= 15 is 0 Å². The fraction of sp³-hybridized carbons (Fsp3) is 0.333. The molecule has 2 N–H and O–H groups in total. The van der Waals surface area contributed by atoms with E-state index in [9.17, 15) is 0 Å². The molecule has 0 aromatic carbocycles. The van der Waals surface area contributed by atoms with E-state index in [2.05, 4.69) is 37.4 Å². The predicted octanol–water partition coefficient (Wildman–Crippen LogP) is 2.06. The van der Waals surface area contributed by atoms with Crippen molar-refractivity contribution in [2.75, 3.05) is 16.8 Å². The Morgan fingerprint density at radius 2 is 2.39 bits per heavy atom. The highest BCUT2D eigenvalue weighted by molar-refractivity contribution is 5.73. The fourth-order valence-corrected chi connectivity index (χ4v) is 2.93. The van der Waals surface area contributed by atoms with E-state index in [0.717, 1.165) is 24.9 Å². The van der Waals surface area contributed by atoms with Gasteiger partial charge in [0.1, 0.15) is 17.3 Å². The summed E-state index contributed by atoms with van der Waals surface area (Å²) in [6, 6.07) is 7.98. The second-order valence-electron chi connectivity index (χ2n) is 5.69. The van der Waals surface area contributed by atoms with Gasteiger partial charge in [-0.3, -0.25) is 5.10 Å². The smallest absolute Gasteiger partial charge is 0.245 e. The average molecular weight is 308 g/mol. The zero-order valence-electron chi connectivity index (χ0n) is 12.7. The van der Waals surface area contributed by atoms with Crippen LogP contribution in [0.4, 0.5) is 17.6 Å². The number of anilines is 3. The van der Waals surface area contributed by atoms with Gasteiger partial charge in [0.05, 0.1) is 0 Å². The highest BCUT2D eigenvalue weighted by Crippen LogP contribution is 2.26. The standard InChI is InChI=1S/C15H16N8/c1-10-4-2-6-22(10)15-18-14(12-5-3-7-23(12)21-15)17-13-8-11(9-16)19-20-13/h3,5,7-8,10H,2,4,6H2,1H3,(H2,17,18,19,20,21)/t10-/m0/s1. The average Bonchev–Trinajstić information content (AvgIpc) is 3.26. The monoisotopic (exact) mass is 308 g/mol. The van der Waals surface area contributed by atoms with Crippen LogP contribution in [0.5, 0.6) is 0 Å². The molecular weight excluding hydrogens is 292 g/mol. The van der Waals surface area contributed by atoms with Gasteiger partial charge in [-0.05, 0) is 31.9 Å². The Bertz CT molecular complexity index is 886. The van der Waals surface area contributed by atoms with Crippen LogP contribution in [0.2, 0.25) is 0 Å². The molecule has 0 aliphatic carbocycles. The van der Waals surface area contributed by atoms with Crippen molar-refractivity contribution in [3.63, 3.8) is 0 Å². The Labute approximate surface area is 132 Å². The lowest BCUT2D eigenvalue weighted by atomic mass is 10.2. The van der Waals surface area contributed by atoms with Crippen LogP contribution in [0, 0.1) is 11.3 Å². The molecule has 0 amide bonds. The largest absolute Gasteiger partial charge is 0.337 e. The molecule has 1 saturated heterocycles. The summed E-state index contributed by atoms with van der Waals surface area (Å²) in [6.07, 6.45) is 4.21. The molecule has 3 aromatic heterocycles. The lowest BCUT2D eigenvalue weighted by Crippen LogP contribution is -2.29. The Morgan fingerprint density at radius 1 is 1.48 bits per heavy atom. The zero-order valence-corrected chi connectivity index (χ0v) is 12.7. The van der Waals surface area contributed by atoms with Gasteiger partial charge < -0.3 is 10.2 Å². The van der Waals surface area contributed by atoms with Gasteiger partial charge in [-0.1, -0.05) is 0 Å². The SMILES string of the molecule is C[C@H]1CCCN1c1nc(Nc2cc(C#N)[nH]n2)c2cccn2n1. The van der Waals surface area contributed by atoms with Gasteiger partial charge in [0, 0.05) is 24.8 Å². The third-order valence-electron chi connectivity index (χ3n) is 4.13. The van der Waals surface area contributed by atoms with Gasteiger partial charge in [0.2, 0.25) is 5.95 Å². The Kier molecular flexibility index (Phi) is 3.12. The highest BCUT2D eigenvalue weighted by Gasteiger charge is 2.24. The first-order valence-corrected chi connectivity index (χ1v) is 7.59. The summed E-state index contributed by atoms with van der Waals surface area (Å²) in [5.41, 5.74) is 1.27. The van der Waals surface area contributed by atoms with Gasteiger partial charge in [-0.25, -0.2) is 4.52 Å². The predicted molar refractivity (Wildman–Crippen MR) is 85.6 cm³/mol. The van der Waals surface area contributed by atoms with E-state index < -0.39 is 0 Å². The molecule has 1 aliphatic heterocycles. The minimum Gasteiger partial charge on any atom is -0.337 e. The topological polar surface area (TPSA) is 97.9 Å². The molecule has 3 aromatic rings. The summed E-state index contributed by atoms with van der Waals surface area (Å²) in [5, 5.41) is 23.4. The van der Waals surface area contributed by atoms with Crippen molar-refractivity contribution < 1.29 is 0 Å². The van der Waals surface area contributed by atoms with E-state index in [0.29, 0.717) is 29.3 Å². The summed E-state index contributed by atoms with van der Waals surface area (Å²) >= 11 is 0. The van der Waals surface area contributed by atoms with Crippen LogP contribution in [0.25, 0.3) is 5.52 Å². The van der Waals surface area contributed by atoms with E-state index in [1.165, 1.54) is 0 Å². The second kappa shape index (κ2) is 5.28. The Balaban J connectivity index is 1.75. The van der Waals surface area contributed by atoms with Crippen molar-refractivity contribution in [2.24, 2.45) is 0 Å². The molecule has 1 aliphatic rings. The molecule has 0 unspecified atom stereocenters. The Morgan fingerprint density at radius 3 is 3.13 bits per heavy atom. The molecular formula is C15H16N8. The molecule has 0 bridgehead atoms. The summed E-state index contributed by atoms with van der Waals surface area (Å²) in [7, 11) is 0. The maximum atomic E-state index is 8.89. The van der Waals surface area contributed by atoms with Crippen molar-refractivity contribution in [3.8, 4) is 6.07 Å². The number of nitriles is 1. The Hall–Kier alpha value is -3.08. The van der Waals surface area contributed by atoms with Crippen LogP contribution in [-0.4, -0.2) is 37.4 Å². The summed E-state index contributed by atoms with van der Waals surface area (Å²) in [5.74, 6) is 1.94. The van der Waals surface area contributed by atoms with Crippen LogP contribution in [0.3, 0.4) is 0 Å². The third kappa shape index (κ3) is 2.36. The number of aromatic nitrogens is 5. The second-order valence-corrected chi connectivity index (χ2v) is 5.69. The van der Waals surface area contributed by atoms with E-state index in [-0.39, 0.29) is 0 Å². The molecule has 0 radical (unpaired) electrons. The summed E-state index contributed by atoms with van der Waals surface area (Å²) < 4.78 is 1.81. The van der Waals surface area contributed by atoms with Crippen molar-refractivity contribution >= 4 is 23.1 Å². The minimum absolute atomic E-state index is 0.404. The normalized spacial score (nSPS) is 17.6. The van der Waals surface area contributed by atoms with E-state index in [1.807, 2.05) is 28.9 Å². The molecule has 0 spiro atoms. The molecule has 0 saturated carbocycles. The molecule has 8 nitrogen and oxygen atoms in total. The van der Waals surface area contributed by atoms with Crippen molar-refractivity contribution in [1.29, 1.82) is 5.26 Å². The van der Waals surface area contributed by atoms with Crippen molar-refractivity contribution in [3.05, 3.63) is 30.1 Å². The first kappa shape index (κ1) is 13.6. The lowest BCUT2D eigenvalue weighted by Gasteiger charge is -2.21. The fourth-order valence-electron chi connectivity index (χ4n) is 2.93. The molecule has 116 valence electrons. The number of fused-ring (bicyclic) bond motifs is 1. The van der Waals surface area contributed by atoms with Gasteiger partial charge in [0.25, 0.3) is 0 Å². The minimum atomic E-state index is 0.404. The number of hydrogen-bond acceptors (Lipinski definition) is 6. The van der Waals surface area contributed by atoms with Gasteiger partial charge in [-0.15, -0.1) is 5.10 Å². The quantitative estimate of drug-likeness (QED) is 0.768. The van der Waals surface area contributed by atoms with E-state index in [4.69, 9.17) is 5.26 Å². The zero-order chi connectivity index (χ0) is 15.8. The molecule has 1 atom stereocenters. The third-order valence-corrected chi connectivity index (χ3v) is 4.13. The number of nitrogens with one attached hydrogen (secondary N) is 2. The number of H-pyrrole nitrogens is 1. The van der Waals surface area contributed by atoms with Crippen LogP contribution in [-0.2, 0) is 0 Å². The van der Waals surface area contributed by atoms with Gasteiger partial charge in [0.15, 0.2) is 11.6 Å². The number of rotatable bonds is 3. The molecule has 23 heavy (non-hydrogen) atoms. The maximum absolute atomic E-state index is 8.89. The molecule has 4 heterocycles. The number of nitrogens with zero attached hydrogens (tertiary/aromatic N) is 6. The van der Waals surface area contributed by atoms with Crippen molar-refractivity contribution in [1.82, 2.24) is 24.8 Å². The van der Waals surface area contributed by atoms with E-state index in [1.54, 1.807) is 6.07 Å². The van der Waals surface area contributed by atoms with Crippen molar-refractivity contribution in [2.45, 2.75) is 25.8 Å². The van der Waals surface area contributed by atoms with Crippen LogP contribution >= 0.6 is 0 Å². The first-order valence-electron chi connectivity index (χ1n) is 7.59. The van der Waals surface area contributed by atoms with Crippen LogP contribution in [0.15, 0.2) is 24.4 Å².